The van der Waals surface area contributed by atoms with Crippen LogP contribution in [-0.4, -0.2) is 48.8 Å². The molecule has 0 radical (unpaired) electrons. The number of hydrogen-bond donors (Lipinski definition) is 1. The van der Waals surface area contributed by atoms with Gasteiger partial charge in [-0.1, -0.05) is 23.2 Å². The largest absolute Gasteiger partial charge is 0.338 e. The molecule has 1 N–H and O–H groups in total. The predicted octanol–water partition coefficient (Wildman–Crippen LogP) is 2.29. The molecule has 1 fully saturated rings. The van der Waals surface area contributed by atoms with Crippen molar-refractivity contribution in [3.05, 3.63) is 35.2 Å². The van der Waals surface area contributed by atoms with Gasteiger partial charge in [0, 0.05) is 23.2 Å². The molecule has 1 aromatic carbocycles. The van der Waals surface area contributed by atoms with Crippen LogP contribution in [-0.2, 0) is 16.6 Å². The smallest absolute Gasteiger partial charge is 0.241 e. The minimum atomic E-state index is -3.19. The van der Waals surface area contributed by atoms with Crippen LogP contribution in [0, 0.1) is 0 Å². The number of hydrogen-bond acceptors (Lipinski definition) is 6. The molecule has 7 nitrogen and oxygen atoms in total. The number of aromatic nitrogens is 2. The van der Waals surface area contributed by atoms with Crippen LogP contribution in [0.25, 0.3) is 11.4 Å². The fourth-order valence-electron chi connectivity index (χ4n) is 2.96. The molecule has 1 aliphatic rings. The molecule has 0 aliphatic carbocycles. The summed E-state index contributed by atoms with van der Waals surface area (Å²) in [4.78, 5) is 6.64. The van der Waals surface area contributed by atoms with E-state index in [4.69, 9.17) is 16.1 Å². The Morgan fingerprint density at radius 1 is 1.32 bits per heavy atom. The van der Waals surface area contributed by atoms with Crippen molar-refractivity contribution in [2.24, 2.45) is 0 Å². The van der Waals surface area contributed by atoms with Crippen molar-refractivity contribution in [3.63, 3.8) is 0 Å². The number of nitrogens with zero attached hydrogens (tertiary/aromatic N) is 3. The molecule has 1 saturated heterocycles. The second kappa shape index (κ2) is 7.82. The molecular formula is C16H21ClN4O3S. The Labute approximate surface area is 152 Å². The summed E-state index contributed by atoms with van der Waals surface area (Å²) in [6.45, 7) is 1.79. The van der Waals surface area contributed by atoms with E-state index in [9.17, 15) is 8.42 Å². The van der Waals surface area contributed by atoms with Crippen molar-refractivity contribution in [1.82, 2.24) is 19.8 Å². The van der Waals surface area contributed by atoms with Crippen molar-refractivity contribution in [2.75, 3.05) is 19.3 Å². The number of piperidine rings is 1. The molecule has 1 aromatic heterocycles. The molecule has 0 bridgehead atoms. The van der Waals surface area contributed by atoms with Gasteiger partial charge in [-0.15, -0.1) is 0 Å². The molecule has 0 saturated carbocycles. The fourth-order valence-corrected chi connectivity index (χ4v) is 3.58. The predicted molar refractivity (Wildman–Crippen MR) is 95.6 cm³/mol. The van der Waals surface area contributed by atoms with Gasteiger partial charge in [0.2, 0.25) is 21.7 Å². The molecule has 1 aliphatic heterocycles. The van der Waals surface area contributed by atoms with E-state index in [0.29, 0.717) is 29.8 Å². The summed E-state index contributed by atoms with van der Waals surface area (Å²) < 4.78 is 30.7. The first-order valence-electron chi connectivity index (χ1n) is 8.18. The molecule has 0 unspecified atom stereocenters. The molecule has 2 aromatic rings. The van der Waals surface area contributed by atoms with Gasteiger partial charge in [-0.25, -0.2) is 13.1 Å². The SMILES string of the molecule is CS(=O)(=O)NC[C@H]1CCCCN1Cc1nc(-c2ccc(Cl)cc2)no1. The fraction of sp³-hybridized carbons (Fsp3) is 0.500. The van der Waals surface area contributed by atoms with Crippen LogP contribution in [0.15, 0.2) is 28.8 Å². The lowest BCUT2D eigenvalue weighted by Gasteiger charge is -2.34. The second-order valence-corrected chi connectivity index (χ2v) is 8.53. The molecule has 0 amide bonds. The standard InChI is InChI=1S/C16H21ClN4O3S/c1-25(22,23)18-10-14-4-2-3-9-21(14)11-15-19-16(20-24-15)12-5-7-13(17)8-6-12/h5-8,14,18H,2-4,9-11H2,1H3/t14-/m1/s1. The molecule has 3 rings (SSSR count). The van der Waals surface area contributed by atoms with Crippen LogP contribution in [0.4, 0.5) is 0 Å². The van der Waals surface area contributed by atoms with Crippen molar-refractivity contribution < 1.29 is 12.9 Å². The van der Waals surface area contributed by atoms with Crippen LogP contribution >= 0.6 is 11.6 Å². The number of sulfonamides is 1. The Balaban J connectivity index is 1.66. The van der Waals surface area contributed by atoms with Crippen LogP contribution in [0.5, 0.6) is 0 Å². The highest BCUT2D eigenvalue weighted by Crippen LogP contribution is 2.22. The summed E-state index contributed by atoms with van der Waals surface area (Å²) in [5.74, 6) is 1.05. The molecule has 0 spiro atoms. The third kappa shape index (κ3) is 5.24. The first-order chi connectivity index (χ1) is 11.9. The summed E-state index contributed by atoms with van der Waals surface area (Å²) in [6.07, 6.45) is 4.29. The van der Waals surface area contributed by atoms with E-state index >= 15 is 0 Å². The monoisotopic (exact) mass is 384 g/mol. The van der Waals surface area contributed by atoms with Crippen molar-refractivity contribution >= 4 is 21.6 Å². The van der Waals surface area contributed by atoms with Gasteiger partial charge in [0.25, 0.3) is 0 Å². The summed E-state index contributed by atoms with van der Waals surface area (Å²) in [5, 5.41) is 4.68. The molecule has 2 heterocycles. The van der Waals surface area contributed by atoms with Crippen molar-refractivity contribution in [3.8, 4) is 11.4 Å². The van der Waals surface area contributed by atoms with Crippen LogP contribution < -0.4 is 4.72 Å². The highest BCUT2D eigenvalue weighted by Gasteiger charge is 2.25. The molecule has 136 valence electrons. The Kier molecular flexibility index (Phi) is 5.73. The summed E-state index contributed by atoms with van der Waals surface area (Å²) >= 11 is 5.89. The average molecular weight is 385 g/mol. The quantitative estimate of drug-likeness (QED) is 0.822. The maximum Gasteiger partial charge on any atom is 0.241 e. The lowest BCUT2D eigenvalue weighted by Crippen LogP contribution is -2.46. The van der Waals surface area contributed by atoms with Crippen molar-refractivity contribution in [2.45, 2.75) is 31.8 Å². The van der Waals surface area contributed by atoms with Crippen LogP contribution in [0.2, 0.25) is 5.02 Å². The maximum absolute atomic E-state index is 11.3. The minimum Gasteiger partial charge on any atom is -0.338 e. The first-order valence-corrected chi connectivity index (χ1v) is 10.4. The van der Waals surface area contributed by atoms with Gasteiger partial charge in [-0.05, 0) is 43.7 Å². The Morgan fingerprint density at radius 2 is 2.08 bits per heavy atom. The molecular weight excluding hydrogens is 364 g/mol. The van der Waals surface area contributed by atoms with E-state index < -0.39 is 10.0 Å². The Hall–Kier alpha value is -1.48. The van der Waals surface area contributed by atoms with E-state index in [2.05, 4.69) is 19.8 Å². The summed E-state index contributed by atoms with van der Waals surface area (Å²) in [5.41, 5.74) is 0.841. The van der Waals surface area contributed by atoms with E-state index in [1.54, 1.807) is 12.1 Å². The second-order valence-electron chi connectivity index (χ2n) is 6.26. The highest BCUT2D eigenvalue weighted by atomic mass is 35.5. The Bertz CT molecular complexity index is 807. The Morgan fingerprint density at radius 3 is 2.80 bits per heavy atom. The minimum absolute atomic E-state index is 0.134. The van der Waals surface area contributed by atoms with Gasteiger partial charge in [0.15, 0.2) is 0 Å². The van der Waals surface area contributed by atoms with Gasteiger partial charge in [-0.3, -0.25) is 4.90 Å². The maximum atomic E-state index is 11.3. The van der Waals surface area contributed by atoms with Gasteiger partial charge in [0.05, 0.1) is 12.8 Å². The molecule has 9 heteroatoms. The van der Waals surface area contributed by atoms with Gasteiger partial charge < -0.3 is 4.52 Å². The topological polar surface area (TPSA) is 88.3 Å². The van der Waals surface area contributed by atoms with Gasteiger partial charge in [0.1, 0.15) is 0 Å². The van der Waals surface area contributed by atoms with Gasteiger partial charge in [-0.2, -0.15) is 4.98 Å². The number of benzene rings is 1. The average Bonchev–Trinajstić information content (AvgIpc) is 3.02. The van der Waals surface area contributed by atoms with E-state index in [1.807, 2.05) is 12.1 Å². The third-order valence-electron chi connectivity index (χ3n) is 4.24. The zero-order chi connectivity index (χ0) is 17.9. The molecule has 1 atom stereocenters. The van der Waals surface area contributed by atoms with Crippen LogP contribution in [0.3, 0.4) is 0 Å². The number of likely N-dealkylation sites (tertiary alicyclic amines) is 1. The molecule has 25 heavy (non-hydrogen) atoms. The normalized spacial score (nSPS) is 19.2. The van der Waals surface area contributed by atoms with E-state index in [-0.39, 0.29) is 6.04 Å². The number of halogens is 1. The number of nitrogens with one attached hydrogen (secondary N) is 1. The zero-order valence-corrected chi connectivity index (χ0v) is 15.6. The highest BCUT2D eigenvalue weighted by molar-refractivity contribution is 7.88. The van der Waals surface area contributed by atoms with Crippen molar-refractivity contribution in [1.29, 1.82) is 0 Å². The lowest BCUT2D eigenvalue weighted by molar-refractivity contribution is 0.125. The third-order valence-corrected chi connectivity index (χ3v) is 5.18. The van der Waals surface area contributed by atoms with E-state index in [1.165, 1.54) is 6.26 Å². The van der Waals surface area contributed by atoms with Crippen LogP contribution in [0.1, 0.15) is 25.2 Å². The first kappa shape index (κ1) is 18.3. The van der Waals surface area contributed by atoms with Gasteiger partial charge >= 0.3 is 0 Å². The zero-order valence-electron chi connectivity index (χ0n) is 14.0. The summed E-state index contributed by atoms with van der Waals surface area (Å²) in [7, 11) is -3.19. The summed E-state index contributed by atoms with van der Waals surface area (Å²) in [6, 6.07) is 7.39. The lowest BCUT2D eigenvalue weighted by atomic mass is 10.0. The van der Waals surface area contributed by atoms with E-state index in [0.717, 1.165) is 31.4 Å². The number of rotatable bonds is 6.